The van der Waals surface area contributed by atoms with Crippen LogP contribution in [0.5, 0.6) is 0 Å². The number of benzene rings is 1. The van der Waals surface area contributed by atoms with Gasteiger partial charge in [-0.1, -0.05) is 43.2 Å². The maximum Gasteiger partial charge on any atom is 0.261 e. The van der Waals surface area contributed by atoms with Gasteiger partial charge in [0, 0.05) is 6.54 Å². The van der Waals surface area contributed by atoms with Gasteiger partial charge in [0.2, 0.25) is 0 Å². The van der Waals surface area contributed by atoms with Crippen molar-refractivity contribution in [3.05, 3.63) is 41.0 Å². The highest BCUT2D eigenvalue weighted by atomic mass is 16.1. The van der Waals surface area contributed by atoms with Crippen LogP contribution in [0.1, 0.15) is 30.9 Å². The number of nitrogens with zero attached hydrogens (tertiary/aromatic N) is 1. The molecule has 0 radical (unpaired) electrons. The van der Waals surface area contributed by atoms with Crippen LogP contribution in [-0.2, 0) is 4.79 Å². The van der Waals surface area contributed by atoms with Gasteiger partial charge in [-0.25, -0.2) is 0 Å². The number of rotatable bonds is 5. The fraction of sp³-hybridized carbons (Fsp3) is 0.333. The van der Waals surface area contributed by atoms with Crippen LogP contribution in [0.25, 0.3) is 6.08 Å². The maximum atomic E-state index is 11.7. The Labute approximate surface area is 108 Å². The summed E-state index contributed by atoms with van der Waals surface area (Å²) in [5, 5.41) is 11.7. The van der Waals surface area contributed by atoms with Crippen LogP contribution in [0.2, 0.25) is 0 Å². The van der Waals surface area contributed by atoms with Crippen molar-refractivity contribution in [2.24, 2.45) is 0 Å². The quantitative estimate of drug-likeness (QED) is 0.490. The third-order valence-corrected chi connectivity index (χ3v) is 2.57. The lowest BCUT2D eigenvalue weighted by molar-refractivity contribution is -0.117. The molecule has 0 aliphatic rings. The van der Waals surface area contributed by atoms with E-state index in [0.29, 0.717) is 6.54 Å². The Balaban J connectivity index is 2.74. The fourth-order valence-electron chi connectivity index (χ4n) is 1.45. The Morgan fingerprint density at radius 2 is 2.06 bits per heavy atom. The lowest BCUT2D eigenvalue weighted by Crippen LogP contribution is -2.25. The Morgan fingerprint density at radius 3 is 2.61 bits per heavy atom. The normalized spacial score (nSPS) is 10.8. The van der Waals surface area contributed by atoms with Gasteiger partial charge >= 0.3 is 0 Å². The summed E-state index contributed by atoms with van der Waals surface area (Å²) in [6.45, 7) is 4.66. The van der Waals surface area contributed by atoms with Crippen LogP contribution in [-0.4, -0.2) is 12.5 Å². The molecule has 1 rings (SSSR count). The zero-order chi connectivity index (χ0) is 13.4. The lowest BCUT2D eigenvalue weighted by atomic mass is 10.1. The minimum absolute atomic E-state index is 0.148. The second kappa shape index (κ2) is 7.29. The van der Waals surface area contributed by atoms with E-state index in [-0.39, 0.29) is 11.5 Å². The summed E-state index contributed by atoms with van der Waals surface area (Å²) in [4.78, 5) is 11.7. The molecule has 0 saturated carbocycles. The van der Waals surface area contributed by atoms with Crippen molar-refractivity contribution < 1.29 is 4.79 Å². The number of aryl methyl sites for hydroxylation is 1. The van der Waals surface area contributed by atoms with Crippen LogP contribution < -0.4 is 5.32 Å². The van der Waals surface area contributed by atoms with Crippen LogP contribution in [0.3, 0.4) is 0 Å². The predicted octanol–water partition coefficient (Wildman–Crippen LogP) is 2.82. The molecule has 0 spiro atoms. The molecule has 1 N–H and O–H groups in total. The third kappa shape index (κ3) is 4.42. The molecule has 0 unspecified atom stereocenters. The van der Waals surface area contributed by atoms with Crippen molar-refractivity contribution in [3.8, 4) is 6.07 Å². The average molecular weight is 242 g/mol. The summed E-state index contributed by atoms with van der Waals surface area (Å²) in [5.74, 6) is -0.300. The second-order valence-corrected chi connectivity index (χ2v) is 4.19. The van der Waals surface area contributed by atoms with E-state index in [9.17, 15) is 4.79 Å². The van der Waals surface area contributed by atoms with E-state index in [1.165, 1.54) is 0 Å². The minimum atomic E-state index is -0.300. The van der Waals surface area contributed by atoms with Crippen LogP contribution in [0.4, 0.5) is 0 Å². The van der Waals surface area contributed by atoms with E-state index >= 15 is 0 Å². The molecular formula is C15H18N2O. The molecular weight excluding hydrogens is 224 g/mol. The Morgan fingerprint density at radius 1 is 1.39 bits per heavy atom. The molecule has 0 aliphatic heterocycles. The van der Waals surface area contributed by atoms with Crippen molar-refractivity contribution in [1.29, 1.82) is 5.26 Å². The van der Waals surface area contributed by atoms with Crippen molar-refractivity contribution >= 4 is 12.0 Å². The fourth-order valence-corrected chi connectivity index (χ4v) is 1.45. The topological polar surface area (TPSA) is 52.9 Å². The molecule has 1 aromatic rings. The molecule has 0 aliphatic carbocycles. The molecule has 0 bridgehead atoms. The molecule has 3 nitrogen and oxygen atoms in total. The highest BCUT2D eigenvalue weighted by Gasteiger charge is 2.07. The summed E-state index contributed by atoms with van der Waals surface area (Å²) in [5.41, 5.74) is 2.16. The first kappa shape index (κ1) is 14.0. The monoisotopic (exact) mass is 242 g/mol. The number of nitrogens with one attached hydrogen (secondary N) is 1. The van der Waals surface area contributed by atoms with E-state index in [0.717, 1.165) is 24.0 Å². The molecule has 0 saturated heterocycles. The van der Waals surface area contributed by atoms with Gasteiger partial charge in [-0.15, -0.1) is 0 Å². The third-order valence-electron chi connectivity index (χ3n) is 2.57. The van der Waals surface area contributed by atoms with Crippen LogP contribution in [0.15, 0.2) is 29.8 Å². The highest BCUT2D eigenvalue weighted by molar-refractivity contribution is 6.01. The first-order valence-corrected chi connectivity index (χ1v) is 6.14. The summed E-state index contributed by atoms with van der Waals surface area (Å²) in [6, 6.07) is 9.64. The predicted molar refractivity (Wildman–Crippen MR) is 72.7 cm³/mol. The summed E-state index contributed by atoms with van der Waals surface area (Å²) in [7, 11) is 0. The SMILES string of the molecule is CCCCNC(=O)/C(C#N)=C\c1ccc(C)cc1. The first-order valence-electron chi connectivity index (χ1n) is 6.14. The smallest absolute Gasteiger partial charge is 0.261 e. The molecule has 0 aromatic heterocycles. The molecule has 94 valence electrons. The number of carbonyl (C=O) groups is 1. The number of nitriles is 1. The Bertz CT molecular complexity index is 466. The maximum absolute atomic E-state index is 11.7. The van der Waals surface area contributed by atoms with Crippen molar-refractivity contribution in [2.45, 2.75) is 26.7 Å². The zero-order valence-electron chi connectivity index (χ0n) is 10.9. The Kier molecular flexibility index (Phi) is 5.66. The molecule has 1 amide bonds. The van der Waals surface area contributed by atoms with E-state index in [2.05, 4.69) is 12.2 Å². The molecule has 3 heteroatoms. The molecule has 0 heterocycles. The van der Waals surface area contributed by atoms with E-state index in [1.54, 1.807) is 6.08 Å². The molecule has 18 heavy (non-hydrogen) atoms. The van der Waals surface area contributed by atoms with Gasteiger partial charge in [0.25, 0.3) is 5.91 Å². The van der Waals surface area contributed by atoms with Gasteiger partial charge in [-0.3, -0.25) is 4.79 Å². The molecule has 1 aromatic carbocycles. The first-order chi connectivity index (χ1) is 8.67. The van der Waals surface area contributed by atoms with Crippen LogP contribution >= 0.6 is 0 Å². The summed E-state index contributed by atoms with van der Waals surface area (Å²) >= 11 is 0. The molecule has 0 fully saturated rings. The largest absolute Gasteiger partial charge is 0.351 e. The second-order valence-electron chi connectivity index (χ2n) is 4.19. The van der Waals surface area contributed by atoms with Crippen molar-refractivity contribution in [3.63, 3.8) is 0 Å². The van der Waals surface area contributed by atoms with E-state index in [1.807, 2.05) is 37.3 Å². The van der Waals surface area contributed by atoms with Gasteiger partial charge in [-0.05, 0) is 25.0 Å². The number of hydrogen-bond acceptors (Lipinski definition) is 2. The number of amides is 1. The number of hydrogen-bond donors (Lipinski definition) is 1. The van der Waals surface area contributed by atoms with Crippen molar-refractivity contribution in [2.75, 3.05) is 6.54 Å². The number of carbonyl (C=O) groups excluding carboxylic acids is 1. The van der Waals surface area contributed by atoms with E-state index < -0.39 is 0 Å². The molecule has 0 atom stereocenters. The van der Waals surface area contributed by atoms with Gasteiger partial charge in [0.1, 0.15) is 11.6 Å². The highest BCUT2D eigenvalue weighted by Crippen LogP contribution is 2.08. The van der Waals surface area contributed by atoms with E-state index in [4.69, 9.17) is 5.26 Å². The Hall–Kier alpha value is -2.08. The standard InChI is InChI=1S/C15H18N2O/c1-3-4-9-17-15(18)14(11-16)10-13-7-5-12(2)6-8-13/h5-8,10H,3-4,9H2,1-2H3,(H,17,18)/b14-10-. The lowest BCUT2D eigenvalue weighted by Gasteiger charge is -2.03. The van der Waals surface area contributed by atoms with Crippen LogP contribution in [0, 0.1) is 18.3 Å². The summed E-state index contributed by atoms with van der Waals surface area (Å²) < 4.78 is 0. The van der Waals surface area contributed by atoms with Crippen molar-refractivity contribution in [1.82, 2.24) is 5.32 Å². The van der Waals surface area contributed by atoms with Gasteiger partial charge < -0.3 is 5.32 Å². The van der Waals surface area contributed by atoms with Gasteiger partial charge in [-0.2, -0.15) is 5.26 Å². The number of unbranched alkanes of at least 4 members (excludes halogenated alkanes) is 1. The summed E-state index contributed by atoms with van der Waals surface area (Å²) in [6.07, 6.45) is 3.56. The minimum Gasteiger partial charge on any atom is -0.351 e. The van der Waals surface area contributed by atoms with Gasteiger partial charge in [0.15, 0.2) is 0 Å². The zero-order valence-corrected chi connectivity index (χ0v) is 10.9. The van der Waals surface area contributed by atoms with Gasteiger partial charge in [0.05, 0.1) is 0 Å². The average Bonchev–Trinajstić information content (AvgIpc) is 2.38.